The van der Waals surface area contributed by atoms with Gasteiger partial charge in [-0.1, -0.05) is 11.3 Å². The zero-order valence-corrected chi connectivity index (χ0v) is 16.2. The lowest BCUT2D eigenvalue weighted by Gasteiger charge is -2.05. The summed E-state index contributed by atoms with van der Waals surface area (Å²) < 4.78 is 11.6. The molecule has 0 fully saturated rings. The van der Waals surface area contributed by atoms with Gasteiger partial charge in [0, 0.05) is 5.56 Å². The highest BCUT2D eigenvalue weighted by molar-refractivity contribution is 7.22. The van der Waals surface area contributed by atoms with Gasteiger partial charge < -0.3 is 9.47 Å². The summed E-state index contributed by atoms with van der Waals surface area (Å²) in [6, 6.07) is 13.1. The highest BCUT2D eigenvalue weighted by atomic mass is 32.1. The molecule has 28 heavy (non-hydrogen) atoms. The van der Waals surface area contributed by atoms with Crippen LogP contribution in [0.4, 0.5) is 5.13 Å². The number of thiazole rings is 1. The Labute approximate surface area is 165 Å². The average molecular weight is 394 g/mol. The molecule has 0 atom stereocenters. The van der Waals surface area contributed by atoms with Crippen LogP contribution in [0.15, 0.2) is 48.7 Å². The van der Waals surface area contributed by atoms with Crippen molar-refractivity contribution in [2.75, 3.05) is 19.0 Å². The molecule has 4 aromatic rings. The predicted molar refractivity (Wildman–Crippen MR) is 109 cm³/mol. The first kappa shape index (κ1) is 18.0. The van der Waals surface area contributed by atoms with Gasteiger partial charge in [0.05, 0.1) is 41.4 Å². The second-order valence-electron chi connectivity index (χ2n) is 5.92. The second kappa shape index (κ2) is 7.69. The summed E-state index contributed by atoms with van der Waals surface area (Å²) >= 11 is 1.40. The van der Waals surface area contributed by atoms with Crippen LogP contribution in [0.2, 0.25) is 0 Å². The van der Waals surface area contributed by atoms with E-state index in [0.29, 0.717) is 23.0 Å². The lowest BCUT2D eigenvalue weighted by molar-refractivity contribution is 0.102. The van der Waals surface area contributed by atoms with Gasteiger partial charge >= 0.3 is 0 Å². The van der Waals surface area contributed by atoms with E-state index in [9.17, 15) is 4.79 Å². The number of nitrogens with one attached hydrogen (secondary N) is 2. The van der Waals surface area contributed by atoms with Crippen LogP contribution >= 0.6 is 11.3 Å². The Kier molecular flexibility index (Phi) is 4.94. The number of methoxy groups -OCH3 is 1. The van der Waals surface area contributed by atoms with Gasteiger partial charge in [0.15, 0.2) is 5.13 Å². The van der Waals surface area contributed by atoms with Crippen molar-refractivity contribution in [3.05, 3.63) is 54.2 Å². The Hall–Kier alpha value is -3.39. The Morgan fingerprint density at radius 2 is 1.96 bits per heavy atom. The largest absolute Gasteiger partial charge is 0.497 e. The number of anilines is 1. The monoisotopic (exact) mass is 394 g/mol. The molecule has 2 aromatic heterocycles. The lowest BCUT2D eigenvalue weighted by Crippen LogP contribution is -2.12. The van der Waals surface area contributed by atoms with Gasteiger partial charge in [0.1, 0.15) is 11.5 Å². The highest BCUT2D eigenvalue weighted by Crippen LogP contribution is 2.30. The Bertz CT molecular complexity index is 1120. The number of ether oxygens (including phenoxy) is 2. The van der Waals surface area contributed by atoms with Crippen molar-refractivity contribution < 1.29 is 14.3 Å². The van der Waals surface area contributed by atoms with E-state index in [2.05, 4.69) is 20.5 Å². The van der Waals surface area contributed by atoms with Crippen molar-refractivity contribution in [3.63, 3.8) is 0 Å². The first-order chi connectivity index (χ1) is 13.7. The van der Waals surface area contributed by atoms with Crippen LogP contribution in [-0.4, -0.2) is 34.8 Å². The van der Waals surface area contributed by atoms with Gasteiger partial charge in [-0.25, -0.2) is 4.98 Å². The quantitative estimate of drug-likeness (QED) is 0.508. The molecule has 0 aliphatic carbocycles. The van der Waals surface area contributed by atoms with E-state index in [-0.39, 0.29) is 5.91 Å². The molecule has 1 amide bonds. The van der Waals surface area contributed by atoms with Crippen molar-refractivity contribution in [3.8, 4) is 22.8 Å². The maximum absolute atomic E-state index is 12.8. The summed E-state index contributed by atoms with van der Waals surface area (Å²) in [5, 5.41) is 10.3. The van der Waals surface area contributed by atoms with E-state index in [1.807, 2.05) is 49.4 Å². The number of rotatable bonds is 6. The van der Waals surface area contributed by atoms with Crippen LogP contribution in [0, 0.1) is 0 Å². The predicted octanol–water partition coefficient (Wildman–Crippen LogP) is 4.35. The van der Waals surface area contributed by atoms with Crippen LogP contribution in [0.5, 0.6) is 11.5 Å². The molecule has 0 unspecified atom stereocenters. The number of nitrogens with zero attached hydrogens (tertiary/aromatic N) is 2. The van der Waals surface area contributed by atoms with Crippen LogP contribution < -0.4 is 14.8 Å². The number of fused-ring (bicyclic) bond motifs is 1. The van der Waals surface area contributed by atoms with E-state index in [0.717, 1.165) is 27.3 Å². The van der Waals surface area contributed by atoms with Crippen LogP contribution in [0.3, 0.4) is 0 Å². The third-order valence-electron chi connectivity index (χ3n) is 4.15. The molecule has 2 N–H and O–H groups in total. The van der Waals surface area contributed by atoms with E-state index in [4.69, 9.17) is 9.47 Å². The minimum atomic E-state index is -0.274. The van der Waals surface area contributed by atoms with Gasteiger partial charge in [-0.2, -0.15) is 5.10 Å². The number of H-pyrrole nitrogens is 1. The summed E-state index contributed by atoms with van der Waals surface area (Å²) in [6.07, 6.45) is 1.51. The molecule has 142 valence electrons. The van der Waals surface area contributed by atoms with E-state index in [1.165, 1.54) is 17.5 Å². The zero-order chi connectivity index (χ0) is 19.5. The van der Waals surface area contributed by atoms with Crippen molar-refractivity contribution in [2.45, 2.75) is 6.92 Å². The summed E-state index contributed by atoms with van der Waals surface area (Å²) in [7, 11) is 1.61. The fourth-order valence-electron chi connectivity index (χ4n) is 2.82. The minimum absolute atomic E-state index is 0.274. The number of aromatic nitrogens is 3. The number of amides is 1. The molecular weight excluding hydrogens is 376 g/mol. The summed E-state index contributed by atoms with van der Waals surface area (Å²) in [5.74, 6) is 1.26. The maximum atomic E-state index is 12.8. The van der Waals surface area contributed by atoms with Crippen LogP contribution in [-0.2, 0) is 0 Å². The van der Waals surface area contributed by atoms with Crippen molar-refractivity contribution in [2.24, 2.45) is 0 Å². The molecule has 4 rings (SSSR count). The maximum Gasteiger partial charge on any atom is 0.261 e. The molecule has 0 saturated heterocycles. The van der Waals surface area contributed by atoms with Gasteiger partial charge in [0.2, 0.25) is 0 Å². The molecule has 0 spiro atoms. The zero-order valence-electron chi connectivity index (χ0n) is 15.4. The molecule has 7 nitrogen and oxygen atoms in total. The first-order valence-electron chi connectivity index (χ1n) is 8.70. The summed E-state index contributed by atoms with van der Waals surface area (Å²) in [4.78, 5) is 17.3. The van der Waals surface area contributed by atoms with Crippen LogP contribution in [0.1, 0.15) is 17.3 Å². The topological polar surface area (TPSA) is 89.1 Å². The van der Waals surface area contributed by atoms with E-state index < -0.39 is 0 Å². The SMILES string of the molecule is CCOc1ccc2nc(NC(=O)c3cn[nH]c3-c3ccc(OC)cc3)sc2c1. The minimum Gasteiger partial charge on any atom is -0.497 e. The third kappa shape index (κ3) is 3.54. The number of carbonyl (C=O) groups is 1. The normalized spacial score (nSPS) is 10.8. The number of aromatic amines is 1. The lowest BCUT2D eigenvalue weighted by atomic mass is 10.1. The molecule has 0 aliphatic rings. The van der Waals surface area contributed by atoms with Crippen molar-refractivity contribution in [1.29, 1.82) is 0 Å². The van der Waals surface area contributed by atoms with Gasteiger partial charge in [-0.05, 0) is 49.4 Å². The number of hydrogen-bond donors (Lipinski definition) is 2. The van der Waals surface area contributed by atoms with Gasteiger partial charge in [-0.3, -0.25) is 15.2 Å². The molecule has 0 aliphatic heterocycles. The van der Waals surface area contributed by atoms with Gasteiger partial charge in [-0.15, -0.1) is 0 Å². The Morgan fingerprint density at radius 3 is 2.71 bits per heavy atom. The average Bonchev–Trinajstić information content (AvgIpc) is 3.34. The first-order valence-corrected chi connectivity index (χ1v) is 9.52. The molecule has 0 saturated carbocycles. The fraction of sp³-hybridized carbons (Fsp3) is 0.150. The molecule has 2 heterocycles. The Morgan fingerprint density at radius 1 is 1.18 bits per heavy atom. The standard InChI is InChI=1S/C20H18N4O3S/c1-3-27-14-8-9-16-17(10-14)28-20(22-16)23-19(25)15-11-21-24-18(15)12-4-6-13(26-2)7-5-12/h4-11H,3H2,1-2H3,(H,21,24)(H,22,23,25). The van der Waals surface area contributed by atoms with Crippen LogP contribution in [0.25, 0.3) is 21.5 Å². The number of carbonyl (C=O) groups excluding carboxylic acids is 1. The third-order valence-corrected chi connectivity index (χ3v) is 5.09. The van der Waals surface area contributed by atoms with Crippen molar-refractivity contribution >= 4 is 32.6 Å². The molecule has 0 bridgehead atoms. The number of benzene rings is 2. The molecule has 8 heteroatoms. The molecule has 2 aromatic carbocycles. The molecular formula is C20H18N4O3S. The summed E-state index contributed by atoms with van der Waals surface area (Å²) in [6.45, 7) is 2.54. The highest BCUT2D eigenvalue weighted by Gasteiger charge is 2.17. The smallest absolute Gasteiger partial charge is 0.261 e. The molecule has 0 radical (unpaired) electrons. The van der Waals surface area contributed by atoms with E-state index in [1.54, 1.807) is 7.11 Å². The van der Waals surface area contributed by atoms with Crippen molar-refractivity contribution in [1.82, 2.24) is 15.2 Å². The van der Waals surface area contributed by atoms with Gasteiger partial charge in [0.25, 0.3) is 5.91 Å². The fourth-order valence-corrected chi connectivity index (χ4v) is 3.70. The summed E-state index contributed by atoms with van der Waals surface area (Å²) in [5.41, 5.74) is 2.74. The second-order valence-corrected chi connectivity index (χ2v) is 6.95. The Balaban J connectivity index is 1.57. The van der Waals surface area contributed by atoms with E-state index >= 15 is 0 Å². The number of hydrogen-bond acceptors (Lipinski definition) is 6.